The molecule has 1 aliphatic rings. The van der Waals surface area contributed by atoms with Crippen LogP contribution in [0.2, 0.25) is 0 Å². The van der Waals surface area contributed by atoms with E-state index in [4.69, 9.17) is 0 Å². The van der Waals surface area contributed by atoms with Crippen LogP contribution in [-0.2, 0) is 6.54 Å². The van der Waals surface area contributed by atoms with Crippen molar-refractivity contribution in [2.75, 3.05) is 6.54 Å². The van der Waals surface area contributed by atoms with Crippen LogP contribution >= 0.6 is 0 Å². The third kappa shape index (κ3) is 2.09. The quantitative estimate of drug-likeness (QED) is 0.768. The zero-order valence-corrected chi connectivity index (χ0v) is 11.3. The second-order valence-corrected chi connectivity index (χ2v) is 4.94. The van der Waals surface area contributed by atoms with Crippen molar-refractivity contribution in [1.29, 1.82) is 0 Å². The van der Waals surface area contributed by atoms with E-state index in [1.165, 1.54) is 0 Å². The van der Waals surface area contributed by atoms with Gasteiger partial charge in [-0.1, -0.05) is 0 Å². The van der Waals surface area contributed by atoms with E-state index >= 15 is 0 Å². The molecular formula is C15H14N6. The summed E-state index contributed by atoms with van der Waals surface area (Å²) in [7, 11) is 0. The van der Waals surface area contributed by atoms with Gasteiger partial charge in [0.25, 0.3) is 0 Å². The Morgan fingerprint density at radius 1 is 0.952 bits per heavy atom. The Balaban J connectivity index is 1.79. The normalized spacial score (nSPS) is 17.4. The lowest BCUT2D eigenvalue weighted by atomic mass is 10.1. The Kier molecular flexibility index (Phi) is 2.93. The molecule has 3 aromatic rings. The number of nitrogens with one attached hydrogen (secondary N) is 1. The van der Waals surface area contributed by atoms with Crippen LogP contribution in [0.15, 0.2) is 49.1 Å². The van der Waals surface area contributed by atoms with E-state index < -0.39 is 0 Å². The molecule has 4 rings (SSSR count). The molecule has 1 atom stereocenters. The molecule has 4 heterocycles. The molecule has 0 spiro atoms. The van der Waals surface area contributed by atoms with Gasteiger partial charge in [0.2, 0.25) is 0 Å². The molecule has 3 aromatic heterocycles. The number of fused-ring (bicyclic) bond motifs is 1. The predicted octanol–water partition coefficient (Wildman–Crippen LogP) is 1.43. The Bertz CT molecular complexity index is 737. The smallest absolute Gasteiger partial charge is 0.164 e. The van der Waals surface area contributed by atoms with Gasteiger partial charge in [-0.15, -0.1) is 10.2 Å². The van der Waals surface area contributed by atoms with E-state index in [2.05, 4.69) is 30.0 Å². The maximum absolute atomic E-state index is 4.40. The van der Waals surface area contributed by atoms with Crippen LogP contribution < -0.4 is 5.32 Å². The molecule has 0 saturated heterocycles. The Morgan fingerprint density at radius 3 is 2.43 bits per heavy atom. The van der Waals surface area contributed by atoms with Gasteiger partial charge in [-0.25, -0.2) is 0 Å². The lowest BCUT2D eigenvalue weighted by Crippen LogP contribution is -2.34. The first-order chi connectivity index (χ1) is 10.4. The van der Waals surface area contributed by atoms with Crippen LogP contribution in [0.25, 0.3) is 11.4 Å². The van der Waals surface area contributed by atoms with E-state index in [0.717, 1.165) is 35.9 Å². The SMILES string of the molecule is c1cc(-c2nnc3n2CCNC3c2ccncc2)ccn1. The van der Waals surface area contributed by atoms with E-state index in [-0.39, 0.29) is 6.04 Å². The fraction of sp³-hybridized carbons (Fsp3) is 0.200. The summed E-state index contributed by atoms with van der Waals surface area (Å²) in [5.41, 5.74) is 2.19. The molecule has 0 aliphatic carbocycles. The molecule has 0 amide bonds. The molecule has 0 fully saturated rings. The molecule has 0 aromatic carbocycles. The van der Waals surface area contributed by atoms with Gasteiger partial charge in [0.05, 0.1) is 6.04 Å². The number of nitrogens with zero attached hydrogens (tertiary/aromatic N) is 5. The maximum Gasteiger partial charge on any atom is 0.164 e. The van der Waals surface area contributed by atoms with Crippen LogP contribution in [0.3, 0.4) is 0 Å². The minimum Gasteiger partial charge on any atom is -0.308 e. The zero-order chi connectivity index (χ0) is 14.1. The lowest BCUT2D eigenvalue weighted by Gasteiger charge is -2.25. The summed E-state index contributed by atoms with van der Waals surface area (Å²) < 4.78 is 2.18. The largest absolute Gasteiger partial charge is 0.308 e. The van der Waals surface area contributed by atoms with E-state index in [0.29, 0.717) is 0 Å². The van der Waals surface area contributed by atoms with E-state index in [9.17, 15) is 0 Å². The van der Waals surface area contributed by atoms with Crippen molar-refractivity contribution in [3.8, 4) is 11.4 Å². The van der Waals surface area contributed by atoms with Crippen molar-refractivity contribution in [2.45, 2.75) is 12.6 Å². The van der Waals surface area contributed by atoms with Crippen LogP contribution in [0.1, 0.15) is 17.4 Å². The topological polar surface area (TPSA) is 68.5 Å². The summed E-state index contributed by atoms with van der Waals surface area (Å²) in [4.78, 5) is 8.12. The molecule has 0 bridgehead atoms. The second kappa shape index (κ2) is 5.06. The molecule has 0 saturated carbocycles. The average molecular weight is 278 g/mol. The Labute approximate surface area is 121 Å². The maximum atomic E-state index is 4.40. The Morgan fingerprint density at radius 2 is 1.67 bits per heavy atom. The van der Waals surface area contributed by atoms with Crippen LogP contribution in [0.5, 0.6) is 0 Å². The fourth-order valence-electron chi connectivity index (χ4n) is 2.70. The van der Waals surface area contributed by atoms with Crippen molar-refractivity contribution in [2.24, 2.45) is 0 Å². The van der Waals surface area contributed by atoms with Gasteiger partial charge in [0.1, 0.15) is 0 Å². The van der Waals surface area contributed by atoms with Gasteiger partial charge in [-0.2, -0.15) is 0 Å². The van der Waals surface area contributed by atoms with Gasteiger partial charge in [0, 0.05) is 43.4 Å². The number of aromatic nitrogens is 5. The minimum absolute atomic E-state index is 0.0600. The summed E-state index contributed by atoms with van der Waals surface area (Å²) >= 11 is 0. The first-order valence-corrected chi connectivity index (χ1v) is 6.90. The minimum atomic E-state index is 0.0600. The number of hydrogen-bond donors (Lipinski definition) is 1. The van der Waals surface area contributed by atoms with Gasteiger partial charge in [-0.05, 0) is 29.8 Å². The number of pyridine rings is 2. The first-order valence-electron chi connectivity index (χ1n) is 6.90. The van der Waals surface area contributed by atoms with Gasteiger partial charge in [-0.3, -0.25) is 9.97 Å². The Hall–Kier alpha value is -2.60. The van der Waals surface area contributed by atoms with Crippen molar-refractivity contribution in [3.05, 3.63) is 60.4 Å². The van der Waals surface area contributed by atoms with Crippen molar-refractivity contribution in [3.63, 3.8) is 0 Å². The zero-order valence-electron chi connectivity index (χ0n) is 11.3. The van der Waals surface area contributed by atoms with Gasteiger partial charge < -0.3 is 9.88 Å². The number of hydrogen-bond acceptors (Lipinski definition) is 5. The van der Waals surface area contributed by atoms with Crippen molar-refractivity contribution < 1.29 is 0 Å². The average Bonchev–Trinajstić information content (AvgIpc) is 3.00. The molecule has 21 heavy (non-hydrogen) atoms. The summed E-state index contributed by atoms with van der Waals surface area (Å²) in [5.74, 6) is 1.84. The van der Waals surface area contributed by atoms with Gasteiger partial charge in [0.15, 0.2) is 11.6 Å². The highest BCUT2D eigenvalue weighted by Gasteiger charge is 2.26. The van der Waals surface area contributed by atoms with Crippen LogP contribution in [0.4, 0.5) is 0 Å². The molecular weight excluding hydrogens is 264 g/mol. The lowest BCUT2D eigenvalue weighted by molar-refractivity contribution is 0.458. The summed E-state index contributed by atoms with van der Waals surface area (Å²) in [6.07, 6.45) is 7.16. The summed E-state index contributed by atoms with van der Waals surface area (Å²) in [5, 5.41) is 12.3. The highest BCUT2D eigenvalue weighted by Crippen LogP contribution is 2.27. The molecule has 1 aliphatic heterocycles. The molecule has 6 heteroatoms. The van der Waals surface area contributed by atoms with E-state index in [1.54, 1.807) is 24.8 Å². The second-order valence-electron chi connectivity index (χ2n) is 4.94. The van der Waals surface area contributed by atoms with Crippen molar-refractivity contribution >= 4 is 0 Å². The highest BCUT2D eigenvalue weighted by atomic mass is 15.3. The summed E-state index contributed by atoms with van der Waals surface area (Å²) in [6.45, 7) is 1.75. The summed E-state index contributed by atoms with van der Waals surface area (Å²) in [6, 6.07) is 7.99. The highest BCUT2D eigenvalue weighted by molar-refractivity contribution is 5.54. The molecule has 6 nitrogen and oxygen atoms in total. The predicted molar refractivity (Wildman–Crippen MR) is 77.3 cm³/mol. The molecule has 0 radical (unpaired) electrons. The molecule has 104 valence electrons. The van der Waals surface area contributed by atoms with E-state index in [1.807, 2.05) is 24.3 Å². The van der Waals surface area contributed by atoms with Gasteiger partial charge >= 0.3 is 0 Å². The fourth-order valence-corrected chi connectivity index (χ4v) is 2.70. The standard InChI is InChI=1S/C15H14N6/c1-5-16-6-2-11(1)13-15-20-19-14(21(15)10-9-18-13)12-3-7-17-8-4-12/h1-8,13,18H,9-10H2. The first kappa shape index (κ1) is 12.2. The third-order valence-electron chi connectivity index (χ3n) is 3.70. The third-order valence-corrected chi connectivity index (χ3v) is 3.70. The van der Waals surface area contributed by atoms with Crippen molar-refractivity contribution in [1.82, 2.24) is 30.0 Å². The molecule has 1 N–H and O–H groups in total. The van der Waals surface area contributed by atoms with Crippen LogP contribution in [-0.4, -0.2) is 31.3 Å². The monoisotopic (exact) mass is 278 g/mol. The number of rotatable bonds is 2. The van der Waals surface area contributed by atoms with Crippen LogP contribution in [0, 0.1) is 0 Å². The molecule has 1 unspecified atom stereocenters.